The highest BCUT2D eigenvalue weighted by molar-refractivity contribution is 9.10. The Morgan fingerprint density at radius 3 is 2.93 bits per heavy atom. The fourth-order valence-corrected chi connectivity index (χ4v) is 3.05. The zero-order valence-electron chi connectivity index (χ0n) is 7.71. The lowest BCUT2D eigenvalue weighted by molar-refractivity contribution is 0.0992. The number of hydrogen-bond donors (Lipinski definition) is 0. The minimum atomic E-state index is 0.220. The fraction of sp³-hybridized carbons (Fsp3) is 0.182. The van der Waals surface area contributed by atoms with Crippen molar-refractivity contribution < 1.29 is 4.79 Å². The van der Waals surface area contributed by atoms with Gasteiger partial charge in [0.1, 0.15) is 0 Å². The number of carbonyl (C=O) groups is 1. The highest BCUT2D eigenvalue weighted by Gasteiger charge is 2.09. The van der Waals surface area contributed by atoms with Gasteiger partial charge in [-0.1, -0.05) is 28.9 Å². The minimum absolute atomic E-state index is 0.220. The average molecular weight is 269 g/mol. The van der Waals surface area contributed by atoms with Gasteiger partial charge in [0.05, 0.1) is 4.88 Å². The summed E-state index contributed by atoms with van der Waals surface area (Å²) in [6.45, 7) is 1.89. The molecule has 0 unspecified atom stereocenters. The summed E-state index contributed by atoms with van der Waals surface area (Å²) < 4.78 is 2.22. The van der Waals surface area contributed by atoms with Crippen LogP contribution < -0.4 is 0 Å². The largest absolute Gasteiger partial charge is 0.293 e. The maximum absolute atomic E-state index is 11.5. The smallest absolute Gasteiger partial charge is 0.172 e. The van der Waals surface area contributed by atoms with Gasteiger partial charge in [-0.2, -0.15) is 0 Å². The molecule has 0 aliphatic heterocycles. The third-order valence-corrected chi connectivity index (χ3v) is 3.94. The summed E-state index contributed by atoms with van der Waals surface area (Å²) in [5.74, 6) is 0.220. The van der Waals surface area contributed by atoms with E-state index in [1.54, 1.807) is 11.3 Å². The standard InChI is InChI=1S/C11H9BrOS/c1-2-9(13)11-6-7-8(12)4-3-5-10(7)14-11/h3-6H,2H2,1H3. The lowest BCUT2D eigenvalue weighted by Crippen LogP contribution is -1.90. The first-order valence-electron chi connectivity index (χ1n) is 4.43. The molecular weight excluding hydrogens is 260 g/mol. The molecule has 0 spiro atoms. The van der Waals surface area contributed by atoms with Crippen LogP contribution in [-0.4, -0.2) is 5.78 Å². The van der Waals surface area contributed by atoms with E-state index in [4.69, 9.17) is 0 Å². The van der Waals surface area contributed by atoms with E-state index < -0.39 is 0 Å². The van der Waals surface area contributed by atoms with Crippen LogP contribution in [0.3, 0.4) is 0 Å². The van der Waals surface area contributed by atoms with E-state index in [1.165, 1.54) is 0 Å². The van der Waals surface area contributed by atoms with Crippen LogP contribution in [0.15, 0.2) is 28.7 Å². The van der Waals surface area contributed by atoms with E-state index in [0.717, 1.165) is 19.4 Å². The Labute approximate surface area is 94.9 Å². The van der Waals surface area contributed by atoms with Crippen molar-refractivity contribution in [3.8, 4) is 0 Å². The number of halogens is 1. The van der Waals surface area contributed by atoms with Gasteiger partial charge in [-0.15, -0.1) is 11.3 Å². The van der Waals surface area contributed by atoms with E-state index in [0.29, 0.717) is 6.42 Å². The van der Waals surface area contributed by atoms with Crippen LogP contribution in [0.25, 0.3) is 10.1 Å². The summed E-state index contributed by atoms with van der Waals surface area (Å²) in [6.07, 6.45) is 0.574. The monoisotopic (exact) mass is 268 g/mol. The van der Waals surface area contributed by atoms with Crippen molar-refractivity contribution in [2.75, 3.05) is 0 Å². The molecule has 0 bridgehead atoms. The highest BCUT2D eigenvalue weighted by Crippen LogP contribution is 2.31. The van der Waals surface area contributed by atoms with Gasteiger partial charge < -0.3 is 0 Å². The number of benzene rings is 1. The van der Waals surface area contributed by atoms with Crippen molar-refractivity contribution in [3.63, 3.8) is 0 Å². The van der Waals surface area contributed by atoms with Crippen molar-refractivity contribution in [3.05, 3.63) is 33.6 Å². The molecule has 0 saturated heterocycles. The molecule has 0 amide bonds. The van der Waals surface area contributed by atoms with Gasteiger partial charge in [-0.25, -0.2) is 0 Å². The van der Waals surface area contributed by atoms with Gasteiger partial charge in [0.15, 0.2) is 5.78 Å². The molecule has 3 heteroatoms. The molecule has 14 heavy (non-hydrogen) atoms. The maximum Gasteiger partial charge on any atom is 0.172 e. The molecule has 0 N–H and O–H groups in total. The van der Waals surface area contributed by atoms with Crippen molar-refractivity contribution in [1.82, 2.24) is 0 Å². The summed E-state index contributed by atoms with van der Waals surface area (Å²) in [5.41, 5.74) is 0. The van der Waals surface area contributed by atoms with Crippen LogP contribution in [0.2, 0.25) is 0 Å². The Hall–Kier alpha value is -0.670. The van der Waals surface area contributed by atoms with E-state index in [-0.39, 0.29) is 5.78 Å². The number of hydrogen-bond acceptors (Lipinski definition) is 2. The SMILES string of the molecule is CCC(=O)c1cc2c(Br)cccc2s1. The second-order valence-corrected chi connectivity index (χ2v) is 4.98. The summed E-state index contributed by atoms with van der Waals surface area (Å²) in [6, 6.07) is 7.99. The number of ketones is 1. The van der Waals surface area contributed by atoms with Gasteiger partial charge in [0.2, 0.25) is 0 Å². The number of thiophene rings is 1. The Balaban J connectivity index is 2.62. The van der Waals surface area contributed by atoms with Gasteiger partial charge in [0.25, 0.3) is 0 Å². The topological polar surface area (TPSA) is 17.1 Å². The van der Waals surface area contributed by atoms with Crippen molar-refractivity contribution in [1.29, 1.82) is 0 Å². The van der Waals surface area contributed by atoms with E-state index >= 15 is 0 Å². The lowest BCUT2D eigenvalue weighted by atomic mass is 10.2. The van der Waals surface area contributed by atoms with Gasteiger partial charge in [0, 0.05) is 21.0 Å². The highest BCUT2D eigenvalue weighted by atomic mass is 79.9. The number of rotatable bonds is 2. The second-order valence-electron chi connectivity index (χ2n) is 3.04. The predicted octanol–water partition coefficient (Wildman–Crippen LogP) is 4.26. The molecule has 1 aromatic heterocycles. The Bertz CT molecular complexity index is 487. The molecule has 1 aromatic carbocycles. The Kier molecular flexibility index (Phi) is 2.70. The Morgan fingerprint density at radius 2 is 2.29 bits per heavy atom. The van der Waals surface area contributed by atoms with E-state index in [2.05, 4.69) is 15.9 Å². The molecule has 1 heterocycles. The summed E-state index contributed by atoms with van der Waals surface area (Å²) >= 11 is 5.04. The number of carbonyl (C=O) groups excluding carboxylic acids is 1. The molecule has 0 saturated carbocycles. The molecule has 0 radical (unpaired) electrons. The van der Waals surface area contributed by atoms with Crippen LogP contribution in [-0.2, 0) is 0 Å². The molecule has 0 aliphatic carbocycles. The van der Waals surface area contributed by atoms with E-state index in [1.807, 2.05) is 31.2 Å². The molecule has 2 aromatic rings. The van der Waals surface area contributed by atoms with Crippen molar-refractivity contribution in [2.24, 2.45) is 0 Å². The van der Waals surface area contributed by atoms with Crippen LogP contribution in [0.5, 0.6) is 0 Å². The van der Waals surface area contributed by atoms with Gasteiger partial charge >= 0.3 is 0 Å². The van der Waals surface area contributed by atoms with Crippen molar-refractivity contribution in [2.45, 2.75) is 13.3 Å². The normalized spacial score (nSPS) is 10.7. The molecule has 0 atom stereocenters. The minimum Gasteiger partial charge on any atom is -0.293 e. The summed E-state index contributed by atoms with van der Waals surface area (Å²) in [5, 5.41) is 1.13. The number of fused-ring (bicyclic) bond motifs is 1. The first-order chi connectivity index (χ1) is 6.72. The van der Waals surface area contributed by atoms with Gasteiger partial charge in [-0.3, -0.25) is 4.79 Å². The lowest BCUT2D eigenvalue weighted by Gasteiger charge is -1.89. The van der Waals surface area contributed by atoms with Gasteiger partial charge in [-0.05, 0) is 18.2 Å². The molecular formula is C11H9BrOS. The van der Waals surface area contributed by atoms with Crippen LogP contribution >= 0.6 is 27.3 Å². The quantitative estimate of drug-likeness (QED) is 0.744. The third-order valence-electron chi connectivity index (χ3n) is 2.10. The first-order valence-corrected chi connectivity index (χ1v) is 6.04. The predicted molar refractivity (Wildman–Crippen MR) is 64.1 cm³/mol. The van der Waals surface area contributed by atoms with Crippen LogP contribution in [0.1, 0.15) is 23.0 Å². The zero-order chi connectivity index (χ0) is 10.1. The van der Waals surface area contributed by atoms with E-state index in [9.17, 15) is 4.79 Å². The number of Topliss-reactive ketones (excluding diaryl/α,β-unsaturated/α-hetero) is 1. The maximum atomic E-state index is 11.5. The molecule has 0 fully saturated rings. The third kappa shape index (κ3) is 1.62. The second kappa shape index (κ2) is 3.83. The molecule has 72 valence electrons. The van der Waals surface area contributed by atoms with Crippen LogP contribution in [0, 0.1) is 0 Å². The molecule has 1 nitrogen and oxygen atoms in total. The average Bonchev–Trinajstić information content (AvgIpc) is 2.62. The first kappa shape index (κ1) is 9.87. The molecule has 2 rings (SSSR count). The fourth-order valence-electron chi connectivity index (χ4n) is 1.34. The molecule has 0 aliphatic rings. The van der Waals surface area contributed by atoms with Crippen molar-refractivity contribution >= 4 is 43.1 Å². The summed E-state index contributed by atoms with van der Waals surface area (Å²) in [4.78, 5) is 12.3. The van der Waals surface area contributed by atoms with Crippen LogP contribution in [0.4, 0.5) is 0 Å². The zero-order valence-corrected chi connectivity index (χ0v) is 10.1. The summed E-state index contributed by atoms with van der Waals surface area (Å²) in [7, 11) is 0. The Morgan fingerprint density at radius 1 is 1.50 bits per heavy atom.